The van der Waals surface area contributed by atoms with Gasteiger partial charge in [0.15, 0.2) is 0 Å². The molecule has 0 radical (unpaired) electrons. The first kappa shape index (κ1) is 13.2. The number of halogens is 1. The van der Waals surface area contributed by atoms with E-state index in [1.807, 2.05) is 25.1 Å². The van der Waals surface area contributed by atoms with Crippen molar-refractivity contribution in [3.63, 3.8) is 0 Å². The van der Waals surface area contributed by atoms with Gasteiger partial charge in [0.25, 0.3) is 0 Å². The van der Waals surface area contributed by atoms with Gasteiger partial charge < -0.3 is 10.4 Å². The van der Waals surface area contributed by atoms with E-state index in [4.69, 9.17) is 5.11 Å². The van der Waals surface area contributed by atoms with E-state index in [0.717, 1.165) is 10.9 Å². The normalized spacial score (nSPS) is 12.4. The van der Waals surface area contributed by atoms with Crippen LogP contribution in [0.2, 0.25) is 0 Å². The maximum Gasteiger partial charge on any atom is 0.320 e. The highest BCUT2D eigenvalue weighted by atomic mass is 79.9. The summed E-state index contributed by atoms with van der Waals surface area (Å²) in [5.74, 6) is -0.796. The summed E-state index contributed by atoms with van der Waals surface area (Å²) >= 11 is 3.42. The Morgan fingerprint density at radius 3 is 2.81 bits per heavy atom. The van der Waals surface area contributed by atoms with Crippen molar-refractivity contribution >= 4 is 21.9 Å². The molecule has 1 atom stereocenters. The third kappa shape index (κ3) is 3.61. The van der Waals surface area contributed by atoms with Gasteiger partial charge in [0.05, 0.1) is 0 Å². The average molecular weight is 286 g/mol. The minimum Gasteiger partial charge on any atom is -0.480 e. The number of hydrogen-bond acceptors (Lipinski definition) is 2. The Bertz CT molecular complexity index is 379. The van der Waals surface area contributed by atoms with Gasteiger partial charge in [-0.25, -0.2) is 0 Å². The second kappa shape index (κ2) is 6.01. The molecule has 0 aromatic heterocycles. The highest BCUT2D eigenvalue weighted by Gasteiger charge is 2.14. The van der Waals surface area contributed by atoms with E-state index >= 15 is 0 Å². The molecule has 0 aliphatic heterocycles. The lowest BCUT2D eigenvalue weighted by Gasteiger charge is -2.12. The lowest BCUT2D eigenvalue weighted by atomic mass is 10.0. The smallest absolute Gasteiger partial charge is 0.320 e. The zero-order valence-corrected chi connectivity index (χ0v) is 11.0. The summed E-state index contributed by atoms with van der Waals surface area (Å²) in [6.45, 7) is 2.04. The number of hydrogen-bond donors (Lipinski definition) is 2. The highest BCUT2D eigenvalue weighted by molar-refractivity contribution is 9.10. The fraction of sp³-hybridized carbons (Fsp3) is 0.417. The molecule has 1 unspecified atom stereocenters. The summed E-state index contributed by atoms with van der Waals surface area (Å²) in [6, 6.07) is 5.60. The minimum absolute atomic E-state index is 0.474. The molecule has 0 fully saturated rings. The van der Waals surface area contributed by atoms with Crippen molar-refractivity contribution in [2.45, 2.75) is 25.8 Å². The topological polar surface area (TPSA) is 49.3 Å². The molecule has 0 spiro atoms. The Labute approximate surface area is 104 Å². The number of carboxylic acids is 1. The van der Waals surface area contributed by atoms with Crippen LogP contribution in [0.5, 0.6) is 0 Å². The number of likely N-dealkylation sites (N-methyl/N-ethyl adjacent to an activating group) is 1. The van der Waals surface area contributed by atoms with Crippen molar-refractivity contribution in [3.05, 3.63) is 33.8 Å². The number of benzene rings is 1. The number of rotatable bonds is 5. The number of nitrogens with one attached hydrogen (secondary N) is 1. The molecular weight excluding hydrogens is 270 g/mol. The summed E-state index contributed by atoms with van der Waals surface area (Å²) < 4.78 is 1.03. The van der Waals surface area contributed by atoms with Gasteiger partial charge in [-0.05, 0) is 50.1 Å². The third-order valence-electron chi connectivity index (χ3n) is 2.66. The number of carboxylic acid groups (broad SMARTS) is 1. The largest absolute Gasteiger partial charge is 0.480 e. The van der Waals surface area contributed by atoms with E-state index in [0.29, 0.717) is 6.42 Å². The van der Waals surface area contributed by atoms with Crippen molar-refractivity contribution in [1.29, 1.82) is 0 Å². The first-order chi connectivity index (χ1) is 7.54. The molecule has 3 nitrogen and oxygen atoms in total. The molecule has 0 bridgehead atoms. The van der Waals surface area contributed by atoms with Crippen molar-refractivity contribution in [2.75, 3.05) is 7.05 Å². The van der Waals surface area contributed by atoms with Gasteiger partial charge in [-0.3, -0.25) is 4.79 Å². The van der Waals surface area contributed by atoms with Crippen molar-refractivity contribution < 1.29 is 9.90 Å². The SMILES string of the molecule is CNC(CCc1cc(Br)ccc1C)C(=O)O. The highest BCUT2D eigenvalue weighted by Crippen LogP contribution is 2.17. The summed E-state index contributed by atoms with van der Waals surface area (Å²) in [6.07, 6.45) is 1.37. The summed E-state index contributed by atoms with van der Waals surface area (Å²) in [4.78, 5) is 10.8. The fourth-order valence-electron chi connectivity index (χ4n) is 1.60. The van der Waals surface area contributed by atoms with Crippen LogP contribution in [-0.4, -0.2) is 24.2 Å². The van der Waals surface area contributed by atoms with Crippen LogP contribution in [0.1, 0.15) is 17.5 Å². The Balaban J connectivity index is 2.66. The molecule has 0 aliphatic carbocycles. The van der Waals surface area contributed by atoms with Crippen molar-refractivity contribution in [1.82, 2.24) is 5.32 Å². The van der Waals surface area contributed by atoms with Gasteiger partial charge in [0, 0.05) is 4.47 Å². The predicted octanol–water partition coefficient (Wildman–Crippen LogP) is 2.36. The number of aliphatic carboxylic acids is 1. The predicted molar refractivity (Wildman–Crippen MR) is 67.7 cm³/mol. The van der Waals surface area contributed by atoms with Crippen LogP contribution in [0.25, 0.3) is 0 Å². The molecule has 1 aromatic carbocycles. The maximum absolute atomic E-state index is 10.8. The second-order valence-corrected chi connectivity index (χ2v) is 4.70. The molecule has 0 amide bonds. The van der Waals surface area contributed by atoms with Crippen LogP contribution in [0.3, 0.4) is 0 Å². The molecule has 0 aliphatic rings. The maximum atomic E-state index is 10.8. The Morgan fingerprint density at radius 1 is 1.56 bits per heavy atom. The van der Waals surface area contributed by atoms with Crippen molar-refractivity contribution in [2.24, 2.45) is 0 Å². The quantitative estimate of drug-likeness (QED) is 0.873. The third-order valence-corrected chi connectivity index (χ3v) is 3.15. The monoisotopic (exact) mass is 285 g/mol. The van der Waals surface area contributed by atoms with Crippen LogP contribution in [0.15, 0.2) is 22.7 Å². The molecule has 4 heteroatoms. The molecule has 0 saturated heterocycles. The first-order valence-electron chi connectivity index (χ1n) is 5.19. The van der Waals surface area contributed by atoms with Crippen LogP contribution in [0.4, 0.5) is 0 Å². The molecule has 1 rings (SSSR count). The fourth-order valence-corrected chi connectivity index (χ4v) is 2.01. The minimum atomic E-state index is -0.796. The van der Waals surface area contributed by atoms with E-state index in [-0.39, 0.29) is 0 Å². The van der Waals surface area contributed by atoms with E-state index < -0.39 is 12.0 Å². The number of carbonyl (C=O) groups is 1. The summed E-state index contributed by atoms with van der Waals surface area (Å²) in [7, 11) is 1.67. The second-order valence-electron chi connectivity index (χ2n) is 3.79. The van der Waals surface area contributed by atoms with Crippen LogP contribution < -0.4 is 5.32 Å². The van der Waals surface area contributed by atoms with Gasteiger partial charge >= 0.3 is 5.97 Å². The van der Waals surface area contributed by atoms with Gasteiger partial charge in [-0.1, -0.05) is 22.0 Å². The zero-order chi connectivity index (χ0) is 12.1. The first-order valence-corrected chi connectivity index (χ1v) is 5.99. The lowest BCUT2D eigenvalue weighted by Crippen LogP contribution is -2.34. The Kier molecular flexibility index (Phi) is 4.96. The Hall–Kier alpha value is -0.870. The van der Waals surface area contributed by atoms with Gasteiger partial charge in [-0.15, -0.1) is 0 Å². The lowest BCUT2D eigenvalue weighted by molar-refractivity contribution is -0.139. The van der Waals surface area contributed by atoms with E-state index in [1.165, 1.54) is 11.1 Å². The van der Waals surface area contributed by atoms with E-state index in [1.54, 1.807) is 7.05 Å². The van der Waals surface area contributed by atoms with Gasteiger partial charge in [0.2, 0.25) is 0 Å². The summed E-state index contributed by atoms with van der Waals surface area (Å²) in [5, 5.41) is 11.7. The van der Waals surface area contributed by atoms with Gasteiger partial charge in [0.1, 0.15) is 6.04 Å². The Morgan fingerprint density at radius 2 is 2.25 bits per heavy atom. The zero-order valence-electron chi connectivity index (χ0n) is 9.46. The molecular formula is C12H16BrNO2. The summed E-state index contributed by atoms with van der Waals surface area (Å²) in [5.41, 5.74) is 2.39. The van der Waals surface area contributed by atoms with Gasteiger partial charge in [-0.2, -0.15) is 0 Å². The standard InChI is InChI=1S/C12H16BrNO2/c1-8-3-5-10(13)7-9(8)4-6-11(14-2)12(15)16/h3,5,7,11,14H,4,6H2,1-2H3,(H,15,16). The number of aryl methyl sites for hydroxylation is 2. The van der Waals surface area contributed by atoms with E-state index in [2.05, 4.69) is 21.2 Å². The molecule has 2 N–H and O–H groups in total. The average Bonchev–Trinajstić information content (AvgIpc) is 2.23. The molecule has 0 heterocycles. The molecule has 0 saturated carbocycles. The van der Waals surface area contributed by atoms with Crippen LogP contribution >= 0.6 is 15.9 Å². The molecule has 1 aromatic rings. The van der Waals surface area contributed by atoms with Crippen LogP contribution in [0, 0.1) is 6.92 Å². The molecule has 16 heavy (non-hydrogen) atoms. The van der Waals surface area contributed by atoms with Crippen LogP contribution in [-0.2, 0) is 11.2 Å². The van der Waals surface area contributed by atoms with Crippen molar-refractivity contribution in [3.8, 4) is 0 Å². The molecule has 88 valence electrons. The van der Waals surface area contributed by atoms with E-state index in [9.17, 15) is 4.79 Å².